The van der Waals surface area contributed by atoms with Crippen LogP contribution in [0.3, 0.4) is 0 Å². The molecule has 0 saturated carbocycles. The van der Waals surface area contributed by atoms with Crippen molar-refractivity contribution >= 4 is 11.6 Å². The number of methoxy groups -OCH3 is 1. The molecule has 1 atom stereocenters. The van der Waals surface area contributed by atoms with Crippen molar-refractivity contribution < 1.29 is 9.47 Å². The van der Waals surface area contributed by atoms with Crippen LogP contribution in [-0.4, -0.2) is 49.4 Å². The lowest BCUT2D eigenvalue weighted by atomic mass is 10.2. The molecule has 112 valence electrons. The van der Waals surface area contributed by atoms with E-state index in [-0.39, 0.29) is 6.10 Å². The van der Waals surface area contributed by atoms with Crippen LogP contribution in [0.4, 0.5) is 11.6 Å². The Balaban J connectivity index is 2.19. The lowest BCUT2D eigenvalue weighted by Gasteiger charge is -2.33. The fraction of sp³-hybridized carbons (Fsp3) is 0.714. The highest BCUT2D eigenvalue weighted by molar-refractivity contribution is 5.49. The van der Waals surface area contributed by atoms with Crippen molar-refractivity contribution in [3.05, 3.63) is 11.9 Å². The van der Waals surface area contributed by atoms with Crippen LogP contribution < -0.4 is 10.2 Å². The standard InChI is InChI=1S/C14H24N4O2/c1-4-11-9-18(6-7-20-11)14-8-12(15-5-2)16-13(17-14)10-19-3/h8,11H,4-7,9-10H2,1-3H3,(H,15,16,17). The van der Waals surface area contributed by atoms with Crippen LogP contribution in [0.15, 0.2) is 6.07 Å². The number of rotatable bonds is 6. The molecular formula is C14H24N4O2. The Morgan fingerprint density at radius 3 is 3.00 bits per heavy atom. The number of aromatic nitrogens is 2. The lowest BCUT2D eigenvalue weighted by molar-refractivity contribution is 0.0381. The molecule has 0 bridgehead atoms. The number of anilines is 2. The van der Waals surface area contributed by atoms with E-state index >= 15 is 0 Å². The van der Waals surface area contributed by atoms with Gasteiger partial charge in [-0.25, -0.2) is 9.97 Å². The van der Waals surface area contributed by atoms with Crippen molar-refractivity contribution in [1.29, 1.82) is 0 Å². The van der Waals surface area contributed by atoms with E-state index in [0.717, 1.165) is 44.3 Å². The number of ether oxygens (including phenoxy) is 2. The van der Waals surface area contributed by atoms with Gasteiger partial charge in [-0.3, -0.25) is 0 Å². The van der Waals surface area contributed by atoms with E-state index in [2.05, 4.69) is 34.0 Å². The van der Waals surface area contributed by atoms with Gasteiger partial charge < -0.3 is 19.7 Å². The maximum atomic E-state index is 5.71. The van der Waals surface area contributed by atoms with Gasteiger partial charge in [0.05, 0.1) is 12.7 Å². The summed E-state index contributed by atoms with van der Waals surface area (Å²) in [4.78, 5) is 11.3. The first-order chi connectivity index (χ1) is 9.76. The summed E-state index contributed by atoms with van der Waals surface area (Å²) in [7, 11) is 1.66. The molecule has 0 radical (unpaired) electrons. The Morgan fingerprint density at radius 2 is 2.30 bits per heavy atom. The normalized spacial score (nSPS) is 19.1. The smallest absolute Gasteiger partial charge is 0.158 e. The number of morpholine rings is 1. The highest BCUT2D eigenvalue weighted by Gasteiger charge is 2.21. The predicted molar refractivity (Wildman–Crippen MR) is 79.2 cm³/mol. The van der Waals surface area contributed by atoms with E-state index in [0.29, 0.717) is 12.4 Å². The zero-order valence-electron chi connectivity index (χ0n) is 12.6. The Bertz CT molecular complexity index is 403. The maximum absolute atomic E-state index is 5.71. The van der Waals surface area contributed by atoms with Crippen molar-refractivity contribution in [3.63, 3.8) is 0 Å². The van der Waals surface area contributed by atoms with Crippen molar-refractivity contribution in [1.82, 2.24) is 9.97 Å². The molecule has 1 aliphatic heterocycles. The van der Waals surface area contributed by atoms with Crippen LogP contribution in [-0.2, 0) is 16.1 Å². The Labute approximate surface area is 120 Å². The molecular weight excluding hydrogens is 256 g/mol. The van der Waals surface area contributed by atoms with Crippen LogP contribution in [0.25, 0.3) is 0 Å². The minimum absolute atomic E-state index is 0.284. The van der Waals surface area contributed by atoms with E-state index in [1.54, 1.807) is 7.11 Å². The van der Waals surface area contributed by atoms with Gasteiger partial charge in [-0.2, -0.15) is 0 Å². The molecule has 0 aromatic carbocycles. The second-order valence-electron chi connectivity index (χ2n) is 4.84. The van der Waals surface area contributed by atoms with Gasteiger partial charge in [-0.1, -0.05) is 6.92 Å². The molecule has 1 aliphatic rings. The molecule has 6 heteroatoms. The molecule has 1 N–H and O–H groups in total. The molecule has 1 saturated heterocycles. The van der Waals surface area contributed by atoms with Crippen LogP contribution >= 0.6 is 0 Å². The largest absolute Gasteiger partial charge is 0.377 e. The third-order valence-corrected chi connectivity index (χ3v) is 3.31. The van der Waals surface area contributed by atoms with E-state index < -0.39 is 0 Å². The second kappa shape index (κ2) is 7.40. The molecule has 6 nitrogen and oxygen atoms in total. The molecule has 2 heterocycles. The molecule has 20 heavy (non-hydrogen) atoms. The Kier molecular flexibility index (Phi) is 5.55. The molecule has 0 amide bonds. The SMILES string of the molecule is CCNc1cc(N2CCOC(CC)C2)nc(COC)n1. The van der Waals surface area contributed by atoms with Crippen LogP contribution in [0.5, 0.6) is 0 Å². The van der Waals surface area contributed by atoms with Crippen molar-refractivity contribution in [2.75, 3.05) is 43.6 Å². The third kappa shape index (κ3) is 3.80. The van der Waals surface area contributed by atoms with Crippen molar-refractivity contribution in [3.8, 4) is 0 Å². The summed E-state index contributed by atoms with van der Waals surface area (Å²) < 4.78 is 10.9. The summed E-state index contributed by atoms with van der Waals surface area (Å²) in [5.41, 5.74) is 0. The highest BCUT2D eigenvalue weighted by Crippen LogP contribution is 2.20. The summed E-state index contributed by atoms with van der Waals surface area (Å²) in [6.45, 7) is 7.96. The Hall–Kier alpha value is -1.40. The first-order valence-corrected chi connectivity index (χ1v) is 7.24. The van der Waals surface area contributed by atoms with Gasteiger partial charge in [0.1, 0.15) is 18.2 Å². The molecule has 0 aliphatic carbocycles. The zero-order chi connectivity index (χ0) is 14.4. The van der Waals surface area contributed by atoms with E-state index in [1.165, 1.54) is 0 Å². The van der Waals surface area contributed by atoms with Crippen LogP contribution in [0.2, 0.25) is 0 Å². The monoisotopic (exact) mass is 280 g/mol. The fourth-order valence-corrected chi connectivity index (χ4v) is 2.28. The minimum Gasteiger partial charge on any atom is -0.377 e. The van der Waals surface area contributed by atoms with E-state index in [9.17, 15) is 0 Å². The number of hydrogen-bond donors (Lipinski definition) is 1. The van der Waals surface area contributed by atoms with Gasteiger partial charge in [0.15, 0.2) is 5.82 Å². The number of hydrogen-bond acceptors (Lipinski definition) is 6. The minimum atomic E-state index is 0.284. The van der Waals surface area contributed by atoms with Gasteiger partial charge >= 0.3 is 0 Å². The summed E-state index contributed by atoms with van der Waals surface area (Å²) in [5, 5.41) is 3.25. The summed E-state index contributed by atoms with van der Waals surface area (Å²) in [6, 6.07) is 2.00. The number of nitrogens with zero attached hydrogens (tertiary/aromatic N) is 3. The van der Waals surface area contributed by atoms with E-state index in [1.807, 2.05) is 6.07 Å². The average molecular weight is 280 g/mol. The molecule has 1 fully saturated rings. The molecule has 2 rings (SSSR count). The van der Waals surface area contributed by atoms with Gasteiger partial charge in [-0.05, 0) is 13.3 Å². The summed E-state index contributed by atoms with van der Waals surface area (Å²) in [6.07, 6.45) is 1.30. The zero-order valence-corrected chi connectivity index (χ0v) is 12.6. The van der Waals surface area contributed by atoms with Crippen LogP contribution in [0, 0.1) is 0 Å². The summed E-state index contributed by atoms with van der Waals surface area (Å²) >= 11 is 0. The van der Waals surface area contributed by atoms with Gasteiger partial charge in [0.25, 0.3) is 0 Å². The topological polar surface area (TPSA) is 59.5 Å². The first kappa shape index (κ1) is 15.0. The first-order valence-electron chi connectivity index (χ1n) is 7.24. The predicted octanol–water partition coefficient (Wildman–Crippen LogP) is 1.67. The quantitative estimate of drug-likeness (QED) is 0.855. The Morgan fingerprint density at radius 1 is 1.45 bits per heavy atom. The van der Waals surface area contributed by atoms with Crippen molar-refractivity contribution in [2.24, 2.45) is 0 Å². The van der Waals surface area contributed by atoms with Crippen LogP contribution in [0.1, 0.15) is 26.1 Å². The molecule has 1 aromatic rings. The molecule has 0 spiro atoms. The second-order valence-corrected chi connectivity index (χ2v) is 4.84. The fourth-order valence-electron chi connectivity index (χ4n) is 2.28. The average Bonchev–Trinajstić information content (AvgIpc) is 2.48. The van der Waals surface area contributed by atoms with E-state index in [4.69, 9.17) is 9.47 Å². The van der Waals surface area contributed by atoms with Gasteiger partial charge in [-0.15, -0.1) is 0 Å². The lowest BCUT2D eigenvalue weighted by Crippen LogP contribution is -2.42. The van der Waals surface area contributed by atoms with Gasteiger partial charge in [0.2, 0.25) is 0 Å². The maximum Gasteiger partial charge on any atom is 0.158 e. The highest BCUT2D eigenvalue weighted by atomic mass is 16.5. The molecule has 1 aromatic heterocycles. The summed E-state index contributed by atoms with van der Waals surface area (Å²) in [5.74, 6) is 2.51. The van der Waals surface area contributed by atoms with Crippen molar-refractivity contribution in [2.45, 2.75) is 33.0 Å². The van der Waals surface area contributed by atoms with Gasteiger partial charge in [0, 0.05) is 32.8 Å². The number of nitrogens with one attached hydrogen (secondary N) is 1. The third-order valence-electron chi connectivity index (χ3n) is 3.31. The molecule has 1 unspecified atom stereocenters.